The van der Waals surface area contributed by atoms with Crippen LogP contribution in [0.3, 0.4) is 0 Å². The summed E-state index contributed by atoms with van der Waals surface area (Å²) in [6, 6.07) is -0.638. The van der Waals surface area contributed by atoms with Crippen LogP contribution in [-0.4, -0.2) is 34.9 Å². The van der Waals surface area contributed by atoms with Crippen LogP contribution in [0.2, 0.25) is 0 Å². The third kappa shape index (κ3) is 65.6. The van der Waals surface area contributed by atoms with E-state index in [9.17, 15) is 15.0 Å². The standard InChI is InChI=1S/C73H143NO3/c1-3-5-7-9-11-13-15-17-19-21-23-25-27-29-31-32-33-34-35-36-37-38-39-40-41-43-45-47-49-51-53-55-57-59-61-63-65-67-69-73(77)74-71(70-75)72(76)68-66-64-62-60-58-56-54-52-50-48-46-44-42-30-28-26-24-22-20-18-16-14-12-10-8-6-4-2/h58,60,66,68,71-72,75-76H,3-57,59,61-65,67,69-70H2,1-2H3,(H,74,77)/b60-58+,68-66+. The molecular weight excluding hydrogens is 939 g/mol. The molecule has 458 valence electrons. The first-order valence-corrected chi connectivity index (χ1v) is 36.1. The van der Waals surface area contributed by atoms with E-state index in [1.807, 2.05) is 6.08 Å². The molecule has 0 rings (SSSR count). The van der Waals surface area contributed by atoms with Gasteiger partial charge in [0.25, 0.3) is 0 Å². The summed E-state index contributed by atoms with van der Waals surface area (Å²) in [7, 11) is 0. The third-order valence-corrected chi connectivity index (χ3v) is 17.2. The van der Waals surface area contributed by atoms with E-state index in [2.05, 4.69) is 31.3 Å². The normalized spacial score (nSPS) is 12.7. The first-order chi connectivity index (χ1) is 38.2. The zero-order chi connectivity index (χ0) is 55.5. The number of carbonyl (C=O) groups is 1. The summed E-state index contributed by atoms with van der Waals surface area (Å²) in [5, 5.41) is 23.3. The van der Waals surface area contributed by atoms with E-state index < -0.39 is 12.1 Å². The molecule has 0 heterocycles. The Bertz CT molecular complexity index is 1140. The monoisotopic (exact) mass is 1080 g/mol. The van der Waals surface area contributed by atoms with Crippen molar-refractivity contribution < 1.29 is 15.0 Å². The smallest absolute Gasteiger partial charge is 0.220 e. The van der Waals surface area contributed by atoms with Gasteiger partial charge in [-0.05, 0) is 32.1 Å². The van der Waals surface area contributed by atoms with Crippen LogP contribution < -0.4 is 5.32 Å². The van der Waals surface area contributed by atoms with Crippen LogP contribution in [0.25, 0.3) is 0 Å². The van der Waals surface area contributed by atoms with Crippen LogP contribution in [0.1, 0.15) is 418 Å². The molecule has 0 spiro atoms. The number of rotatable bonds is 68. The van der Waals surface area contributed by atoms with Crippen LogP contribution in [0, 0.1) is 0 Å². The Kier molecular flexibility index (Phi) is 68.1. The van der Waals surface area contributed by atoms with Crippen molar-refractivity contribution in [2.45, 2.75) is 431 Å². The lowest BCUT2D eigenvalue weighted by Crippen LogP contribution is -2.45. The van der Waals surface area contributed by atoms with Gasteiger partial charge in [-0.3, -0.25) is 4.79 Å². The quantitative estimate of drug-likeness (QED) is 0.0420. The summed E-state index contributed by atoms with van der Waals surface area (Å²) in [5.41, 5.74) is 0. The lowest BCUT2D eigenvalue weighted by molar-refractivity contribution is -0.123. The maximum absolute atomic E-state index is 12.5. The van der Waals surface area contributed by atoms with Gasteiger partial charge in [0.15, 0.2) is 0 Å². The summed E-state index contributed by atoms with van der Waals surface area (Å²) < 4.78 is 0. The molecule has 4 heteroatoms. The maximum atomic E-state index is 12.5. The lowest BCUT2D eigenvalue weighted by Gasteiger charge is -2.19. The maximum Gasteiger partial charge on any atom is 0.220 e. The van der Waals surface area contributed by atoms with E-state index >= 15 is 0 Å². The van der Waals surface area contributed by atoms with E-state index in [0.29, 0.717) is 6.42 Å². The number of aliphatic hydroxyl groups excluding tert-OH is 2. The van der Waals surface area contributed by atoms with Crippen molar-refractivity contribution in [1.82, 2.24) is 5.32 Å². The van der Waals surface area contributed by atoms with Gasteiger partial charge in [-0.15, -0.1) is 0 Å². The Morgan fingerprint density at radius 1 is 0.299 bits per heavy atom. The van der Waals surface area contributed by atoms with Gasteiger partial charge in [-0.1, -0.05) is 404 Å². The topological polar surface area (TPSA) is 69.6 Å². The van der Waals surface area contributed by atoms with Gasteiger partial charge in [0.2, 0.25) is 5.91 Å². The van der Waals surface area contributed by atoms with Gasteiger partial charge in [0.1, 0.15) is 0 Å². The van der Waals surface area contributed by atoms with Crippen LogP contribution in [0.4, 0.5) is 0 Å². The predicted molar refractivity (Wildman–Crippen MR) is 346 cm³/mol. The lowest BCUT2D eigenvalue weighted by atomic mass is 10.0. The average molecular weight is 1080 g/mol. The minimum absolute atomic E-state index is 0.0638. The second-order valence-corrected chi connectivity index (χ2v) is 25.0. The summed E-state index contributed by atoms with van der Waals surface area (Å²) in [5.74, 6) is -0.0638. The van der Waals surface area contributed by atoms with Crippen molar-refractivity contribution in [3.8, 4) is 0 Å². The molecule has 0 fully saturated rings. The number of hydrogen-bond acceptors (Lipinski definition) is 3. The minimum atomic E-state index is -0.861. The zero-order valence-electron chi connectivity index (χ0n) is 53.0. The number of aliphatic hydroxyl groups is 2. The van der Waals surface area contributed by atoms with E-state index in [1.165, 1.54) is 366 Å². The number of carbonyl (C=O) groups excluding carboxylic acids is 1. The van der Waals surface area contributed by atoms with E-state index in [0.717, 1.165) is 32.1 Å². The largest absolute Gasteiger partial charge is 0.394 e. The number of nitrogens with one attached hydrogen (secondary N) is 1. The molecular formula is C73H143NO3. The fourth-order valence-electron chi connectivity index (χ4n) is 11.7. The fourth-order valence-corrected chi connectivity index (χ4v) is 11.7. The SMILES string of the molecule is CCCCCCCCCCCCCCCCCCCCCCC/C=C/CC/C=C/C(O)C(CO)NC(=O)CCCCCCCCCCCCCCCCCCCCCCCCCCCCCCCCCCCCCCCC. The van der Waals surface area contributed by atoms with Gasteiger partial charge in [0.05, 0.1) is 18.8 Å². The Hall–Kier alpha value is -1.13. The van der Waals surface area contributed by atoms with Crippen LogP contribution >= 0.6 is 0 Å². The van der Waals surface area contributed by atoms with Gasteiger partial charge < -0.3 is 15.5 Å². The molecule has 0 aliphatic rings. The van der Waals surface area contributed by atoms with Crippen molar-refractivity contribution >= 4 is 5.91 Å². The Morgan fingerprint density at radius 3 is 0.753 bits per heavy atom. The highest BCUT2D eigenvalue weighted by Gasteiger charge is 2.18. The number of hydrogen-bond donors (Lipinski definition) is 3. The van der Waals surface area contributed by atoms with Gasteiger partial charge >= 0.3 is 0 Å². The Labute approximate surface area is 485 Å². The van der Waals surface area contributed by atoms with Crippen LogP contribution in [0.15, 0.2) is 24.3 Å². The van der Waals surface area contributed by atoms with Gasteiger partial charge in [0, 0.05) is 6.42 Å². The molecule has 0 aromatic carbocycles. The highest BCUT2D eigenvalue weighted by atomic mass is 16.3. The summed E-state index contributed by atoms with van der Waals surface area (Å²) >= 11 is 0. The summed E-state index contributed by atoms with van der Waals surface area (Å²) in [6.45, 7) is 4.35. The summed E-state index contributed by atoms with van der Waals surface area (Å²) in [4.78, 5) is 12.5. The minimum Gasteiger partial charge on any atom is -0.394 e. The van der Waals surface area contributed by atoms with Crippen LogP contribution in [0.5, 0.6) is 0 Å². The van der Waals surface area contributed by atoms with Crippen molar-refractivity contribution in [2.75, 3.05) is 6.61 Å². The Balaban J connectivity index is 3.40. The second-order valence-electron chi connectivity index (χ2n) is 25.0. The molecule has 77 heavy (non-hydrogen) atoms. The van der Waals surface area contributed by atoms with Gasteiger partial charge in [-0.2, -0.15) is 0 Å². The molecule has 0 saturated carbocycles. The van der Waals surface area contributed by atoms with Gasteiger partial charge in [-0.25, -0.2) is 0 Å². The van der Waals surface area contributed by atoms with E-state index in [4.69, 9.17) is 0 Å². The second kappa shape index (κ2) is 69.1. The molecule has 2 atom stereocenters. The van der Waals surface area contributed by atoms with Crippen molar-refractivity contribution in [2.24, 2.45) is 0 Å². The molecule has 4 nitrogen and oxygen atoms in total. The number of unbranched alkanes of at least 4 members (excludes halogenated alkanes) is 59. The Morgan fingerprint density at radius 2 is 0.506 bits per heavy atom. The molecule has 0 radical (unpaired) electrons. The molecule has 3 N–H and O–H groups in total. The highest BCUT2D eigenvalue weighted by molar-refractivity contribution is 5.76. The molecule has 1 amide bonds. The number of amides is 1. The summed E-state index contributed by atoms with van der Waals surface area (Å²) in [6.07, 6.45) is 94.4. The van der Waals surface area contributed by atoms with E-state index in [1.54, 1.807) is 6.08 Å². The molecule has 0 aromatic heterocycles. The van der Waals surface area contributed by atoms with Crippen molar-refractivity contribution in [3.63, 3.8) is 0 Å². The zero-order valence-corrected chi connectivity index (χ0v) is 53.0. The predicted octanol–water partition coefficient (Wildman–Crippen LogP) is 24.6. The molecule has 2 unspecified atom stereocenters. The van der Waals surface area contributed by atoms with Crippen molar-refractivity contribution in [3.05, 3.63) is 24.3 Å². The fraction of sp³-hybridized carbons (Fsp3) is 0.932. The highest BCUT2D eigenvalue weighted by Crippen LogP contribution is 2.20. The first-order valence-electron chi connectivity index (χ1n) is 36.1. The molecule has 0 aliphatic carbocycles. The average Bonchev–Trinajstić information content (AvgIpc) is 3.43. The van der Waals surface area contributed by atoms with Crippen LogP contribution in [-0.2, 0) is 4.79 Å². The molecule has 0 bridgehead atoms. The third-order valence-electron chi connectivity index (χ3n) is 17.2. The molecule has 0 aromatic rings. The van der Waals surface area contributed by atoms with E-state index in [-0.39, 0.29) is 12.5 Å². The molecule has 0 aliphatic heterocycles. The number of allylic oxidation sites excluding steroid dienone is 3. The van der Waals surface area contributed by atoms with Crippen molar-refractivity contribution in [1.29, 1.82) is 0 Å². The molecule has 0 saturated heterocycles. The first kappa shape index (κ1) is 75.9.